The third-order valence-corrected chi connectivity index (χ3v) is 4.53. The van der Waals surface area contributed by atoms with Gasteiger partial charge in [-0.1, -0.05) is 33.6 Å². The van der Waals surface area contributed by atoms with Crippen LogP contribution in [0.3, 0.4) is 0 Å². The first-order chi connectivity index (χ1) is 9.13. The van der Waals surface area contributed by atoms with Crippen molar-refractivity contribution in [3.63, 3.8) is 0 Å². The Kier molecular flexibility index (Phi) is 5.28. The number of alkyl halides is 1. The van der Waals surface area contributed by atoms with E-state index in [0.717, 1.165) is 48.7 Å². The second-order valence-electron chi connectivity index (χ2n) is 5.09. The van der Waals surface area contributed by atoms with Gasteiger partial charge >= 0.3 is 0 Å². The molecule has 1 unspecified atom stereocenters. The molecule has 1 fully saturated rings. The first-order valence-electron chi connectivity index (χ1n) is 6.76. The van der Waals surface area contributed by atoms with E-state index in [1.165, 1.54) is 0 Å². The Bertz CT molecular complexity index is 463. The van der Waals surface area contributed by atoms with Crippen LogP contribution in [-0.2, 0) is 0 Å². The van der Waals surface area contributed by atoms with E-state index < -0.39 is 0 Å². The van der Waals surface area contributed by atoms with Crippen LogP contribution >= 0.6 is 27.5 Å². The summed E-state index contributed by atoms with van der Waals surface area (Å²) < 4.78 is 0. The second-order valence-corrected chi connectivity index (χ2v) is 6.31. The molecule has 1 heterocycles. The van der Waals surface area contributed by atoms with Crippen LogP contribution in [0, 0.1) is 6.92 Å². The zero-order valence-electron chi connectivity index (χ0n) is 11.2. The normalized spacial score (nSPS) is 18.9. The highest BCUT2D eigenvalue weighted by molar-refractivity contribution is 9.09. The number of likely N-dealkylation sites (tertiary alicyclic amines) is 1. The highest BCUT2D eigenvalue weighted by Crippen LogP contribution is 2.26. The largest absolute Gasteiger partial charge is 0.336 e. The van der Waals surface area contributed by atoms with Gasteiger partial charge in [0.25, 0.3) is 5.91 Å². The number of halogens is 2. The molecule has 4 heteroatoms. The van der Waals surface area contributed by atoms with Gasteiger partial charge in [0.2, 0.25) is 0 Å². The average Bonchev–Trinajstić information content (AvgIpc) is 2.86. The summed E-state index contributed by atoms with van der Waals surface area (Å²) in [6.45, 7) is 2.84. The fraction of sp³-hybridized carbons (Fsp3) is 0.533. The molecule has 1 aliphatic rings. The molecule has 1 amide bonds. The number of hydrogen-bond donors (Lipinski definition) is 0. The van der Waals surface area contributed by atoms with Gasteiger partial charge in [-0.3, -0.25) is 4.79 Å². The van der Waals surface area contributed by atoms with Crippen molar-refractivity contribution in [2.75, 3.05) is 11.9 Å². The van der Waals surface area contributed by atoms with Crippen molar-refractivity contribution in [3.05, 3.63) is 34.3 Å². The Labute approximate surface area is 128 Å². The Morgan fingerprint density at radius 2 is 2.32 bits per heavy atom. The van der Waals surface area contributed by atoms with Crippen LogP contribution < -0.4 is 0 Å². The van der Waals surface area contributed by atoms with Crippen molar-refractivity contribution in [2.45, 2.75) is 38.6 Å². The zero-order chi connectivity index (χ0) is 13.8. The first kappa shape index (κ1) is 14.9. The smallest absolute Gasteiger partial charge is 0.254 e. The van der Waals surface area contributed by atoms with Crippen molar-refractivity contribution in [2.24, 2.45) is 0 Å². The lowest BCUT2D eigenvalue weighted by atomic mass is 10.1. The quantitative estimate of drug-likeness (QED) is 0.740. The molecular weight excluding hydrogens is 326 g/mol. The van der Waals surface area contributed by atoms with Crippen molar-refractivity contribution in [1.29, 1.82) is 0 Å². The minimum atomic E-state index is 0.136. The number of hydrogen-bond acceptors (Lipinski definition) is 1. The number of carbonyl (C=O) groups is 1. The zero-order valence-corrected chi connectivity index (χ0v) is 13.5. The standard InChI is InChI=1S/C15H19BrClNO/c1-11-6-7-12(17)10-14(11)15(19)18-9-3-5-13(18)4-2-8-16/h6-7,10,13H,2-5,8-9H2,1H3. The molecule has 0 radical (unpaired) electrons. The van der Waals surface area contributed by atoms with E-state index in [4.69, 9.17) is 11.6 Å². The SMILES string of the molecule is Cc1ccc(Cl)cc1C(=O)N1CCCC1CCCBr. The summed E-state index contributed by atoms with van der Waals surface area (Å²) in [6, 6.07) is 5.93. The van der Waals surface area contributed by atoms with Crippen molar-refractivity contribution < 1.29 is 4.79 Å². The van der Waals surface area contributed by atoms with Crippen LogP contribution in [0.4, 0.5) is 0 Å². The van der Waals surface area contributed by atoms with Gasteiger partial charge in [-0.15, -0.1) is 0 Å². The van der Waals surface area contributed by atoms with E-state index in [-0.39, 0.29) is 5.91 Å². The van der Waals surface area contributed by atoms with Gasteiger partial charge in [-0.05, 0) is 50.3 Å². The molecule has 0 aromatic heterocycles. The third kappa shape index (κ3) is 3.51. The molecule has 2 nitrogen and oxygen atoms in total. The first-order valence-corrected chi connectivity index (χ1v) is 8.26. The number of benzene rings is 1. The van der Waals surface area contributed by atoms with E-state index in [1.807, 2.05) is 24.0 Å². The fourth-order valence-corrected chi connectivity index (χ4v) is 3.19. The molecule has 0 spiro atoms. The summed E-state index contributed by atoms with van der Waals surface area (Å²) in [6.07, 6.45) is 4.43. The molecule has 0 bridgehead atoms. The topological polar surface area (TPSA) is 20.3 Å². The van der Waals surface area contributed by atoms with E-state index in [2.05, 4.69) is 15.9 Å². The Balaban J connectivity index is 2.16. The monoisotopic (exact) mass is 343 g/mol. The molecule has 1 aromatic rings. The summed E-state index contributed by atoms with van der Waals surface area (Å²) in [5.74, 6) is 0.136. The van der Waals surface area contributed by atoms with Gasteiger partial charge in [0, 0.05) is 28.5 Å². The molecule has 1 aromatic carbocycles. The van der Waals surface area contributed by atoms with Gasteiger partial charge in [-0.25, -0.2) is 0 Å². The van der Waals surface area contributed by atoms with Gasteiger partial charge < -0.3 is 4.90 Å². The van der Waals surface area contributed by atoms with Gasteiger partial charge in [0.15, 0.2) is 0 Å². The highest BCUT2D eigenvalue weighted by Gasteiger charge is 2.29. The molecule has 0 saturated carbocycles. The average molecular weight is 345 g/mol. The van der Waals surface area contributed by atoms with Gasteiger partial charge in [0.05, 0.1) is 0 Å². The Morgan fingerprint density at radius 3 is 3.05 bits per heavy atom. The van der Waals surface area contributed by atoms with E-state index >= 15 is 0 Å². The van der Waals surface area contributed by atoms with Crippen molar-refractivity contribution in [3.8, 4) is 0 Å². The lowest BCUT2D eigenvalue weighted by Gasteiger charge is -2.25. The van der Waals surface area contributed by atoms with E-state index in [0.29, 0.717) is 11.1 Å². The minimum Gasteiger partial charge on any atom is -0.336 e. The molecule has 0 aliphatic carbocycles. The summed E-state index contributed by atoms with van der Waals surface area (Å²) >= 11 is 9.47. The van der Waals surface area contributed by atoms with E-state index in [1.54, 1.807) is 6.07 Å². The molecule has 0 N–H and O–H groups in total. The highest BCUT2D eigenvalue weighted by atomic mass is 79.9. The third-order valence-electron chi connectivity index (χ3n) is 3.74. The second kappa shape index (κ2) is 6.76. The number of nitrogens with zero attached hydrogens (tertiary/aromatic N) is 1. The maximum absolute atomic E-state index is 12.6. The number of carbonyl (C=O) groups excluding carboxylic acids is 1. The predicted octanol–water partition coefficient (Wildman–Crippen LogP) is 4.43. The van der Waals surface area contributed by atoms with Crippen LogP contribution in [0.1, 0.15) is 41.6 Å². The molecule has 2 rings (SSSR count). The lowest BCUT2D eigenvalue weighted by Crippen LogP contribution is -2.35. The van der Waals surface area contributed by atoms with Crippen LogP contribution in [0.15, 0.2) is 18.2 Å². The molecule has 1 saturated heterocycles. The maximum atomic E-state index is 12.6. The molecule has 1 aliphatic heterocycles. The number of aryl methyl sites for hydroxylation is 1. The number of rotatable bonds is 4. The molecular formula is C15H19BrClNO. The van der Waals surface area contributed by atoms with Crippen LogP contribution in [0.2, 0.25) is 5.02 Å². The van der Waals surface area contributed by atoms with Crippen molar-refractivity contribution in [1.82, 2.24) is 4.90 Å². The summed E-state index contributed by atoms with van der Waals surface area (Å²) in [4.78, 5) is 14.7. The van der Waals surface area contributed by atoms with Crippen LogP contribution in [0.25, 0.3) is 0 Å². The van der Waals surface area contributed by atoms with Gasteiger partial charge in [-0.2, -0.15) is 0 Å². The van der Waals surface area contributed by atoms with Crippen LogP contribution in [0.5, 0.6) is 0 Å². The lowest BCUT2D eigenvalue weighted by molar-refractivity contribution is 0.0729. The number of amides is 1. The Hall–Kier alpha value is -0.540. The maximum Gasteiger partial charge on any atom is 0.254 e. The fourth-order valence-electron chi connectivity index (χ4n) is 2.70. The predicted molar refractivity (Wildman–Crippen MR) is 83.3 cm³/mol. The molecule has 104 valence electrons. The Morgan fingerprint density at radius 1 is 1.53 bits per heavy atom. The molecule has 1 atom stereocenters. The summed E-state index contributed by atoms with van der Waals surface area (Å²) in [5.41, 5.74) is 1.75. The van der Waals surface area contributed by atoms with Gasteiger partial charge in [0.1, 0.15) is 0 Å². The van der Waals surface area contributed by atoms with Crippen molar-refractivity contribution >= 4 is 33.4 Å². The summed E-state index contributed by atoms with van der Waals surface area (Å²) in [7, 11) is 0. The molecule has 19 heavy (non-hydrogen) atoms. The minimum absolute atomic E-state index is 0.136. The summed E-state index contributed by atoms with van der Waals surface area (Å²) in [5, 5.41) is 1.63. The van der Waals surface area contributed by atoms with Crippen LogP contribution in [-0.4, -0.2) is 28.7 Å². The van der Waals surface area contributed by atoms with E-state index in [9.17, 15) is 4.79 Å².